The van der Waals surface area contributed by atoms with Gasteiger partial charge in [-0.15, -0.1) is 0 Å². The summed E-state index contributed by atoms with van der Waals surface area (Å²) in [5.41, 5.74) is 0. The van der Waals surface area contributed by atoms with Crippen LogP contribution in [0.5, 0.6) is 0 Å². The van der Waals surface area contributed by atoms with E-state index in [9.17, 15) is 4.79 Å². The molecule has 0 spiro atoms. The van der Waals surface area contributed by atoms with Gasteiger partial charge in [-0.05, 0) is 25.7 Å². The molecule has 0 atom stereocenters. The van der Waals surface area contributed by atoms with Crippen molar-refractivity contribution in [2.24, 2.45) is 5.92 Å². The highest BCUT2D eigenvalue weighted by atomic mass is 16.1. The highest BCUT2D eigenvalue weighted by molar-refractivity contribution is 5.97. The van der Waals surface area contributed by atoms with Crippen molar-refractivity contribution in [1.29, 1.82) is 0 Å². The molecule has 1 saturated carbocycles. The molecule has 1 fully saturated rings. The molecule has 0 bridgehead atoms. The van der Waals surface area contributed by atoms with E-state index >= 15 is 0 Å². The van der Waals surface area contributed by atoms with Gasteiger partial charge in [0, 0.05) is 5.92 Å². The van der Waals surface area contributed by atoms with Crippen LogP contribution in [0.1, 0.15) is 32.6 Å². The summed E-state index contributed by atoms with van der Waals surface area (Å²) in [5, 5.41) is 0. The van der Waals surface area contributed by atoms with Gasteiger partial charge in [-0.25, -0.2) is 0 Å². The lowest BCUT2D eigenvalue weighted by molar-refractivity contribution is -0.117. The second-order valence-electron chi connectivity index (χ2n) is 2.72. The SMILES string of the molecule is CC#CC(=O)C1CCCC1. The average Bonchev–Trinajstić information content (AvgIpc) is 2.38. The van der Waals surface area contributed by atoms with E-state index in [0.717, 1.165) is 12.8 Å². The molecule has 0 aromatic heterocycles. The third kappa shape index (κ3) is 1.60. The predicted molar refractivity (Wildman–Crippen MR) is 40.4 cm³/mol. The van der Waals surface area contributed by atoms with Gasteiger partial charge in [0.1, 0.15) is 0 Å². The fourth-order valence-corrected chi connectivity index (χ4v) is 1.41. The summed E-state index contributed by atoms with van der Waals surface area (Å²) < 4.78 is 0. The second-order valence-corrected chi connectivity index (χ2v) is 2.72. The molecule has 0 aromatic rings. The zero-order valence-corrected chi connectivity index (χ0v) is 6.31. The molecule has 0 saturated heterocycles. The van der Waals surface area contributed by atoms with Gasteiger partial charge in [0.15, 0.2) is 0 Å². The predicted octanol–water partition coefficient (Wildman–Crippen LogP) is 1.77. The first-order valence-corrected chi connectivity index (χ1v) is 3.81. The summed E-state index contributed by atoms with van der Waals surface area (Å²) in [7, 11) is 0. The van der Waals surface area contributed by atoms with Crippen molar-refractivity contribution < 1.29 is 4.79 Å². The fraction of sp³-hybridized carbons (Fsp3) is 0.667. The molecule has 0 N–H and O–H groups in total. The monoisotopic (exact) mass is 136 g/mol. The molecule has 0 heterocycles. The molecule has 10 heavy (non-hydrogen) atoms. The van der Waals surface area contributed by atoms with Crippen LogP contribution in [-0.2, 0) is 4.79 Å². The van der Waals surface area contributed by atoms with Crippen LogP contribution in [0.4, 0.5) is 0 Å². The lowest BCUT2D eigenvalue weighted by atomic mass is 10.0. The van der Waals surface area contributed by atoms with Crippen molar-refractivity contribution >= 4 is 5.78 Å². The van der Waals surface area contributed by atoms with Gasteiger partial charge in [-0.1, -0.05) is 18.8 Å². The standard InChI is InChI=1S/C9H12O/c1-2-5-9(10)8-6-3-4-7-8/h8H,3-4,6-7H2,1H3. The van der Waals surface area contributed by atoms with Gasteiger partial charge in [-0.3, -0.25) is 4.79 Å². The Morgan fingerprint density at radius 3 is 2.50 bits per heavy atom. The van der Waals surface area contributed by atoms with Crippen LogP contribution < -0.4 is 0 Å². The van der Waals surface area contributed by atoms with Crippen molar-refractivity contribution in [3.8, 4) is 11.8 Å². The summed E-state index contributed by atoms with van der Waals surface area (Å²) in [4.78, 5) is 11.1. The number of hydrogen-bond donors (Lipinski definition) is 0. The average molecular weight is 136 g/mol. The van der Waals surface area contributed by atoms with Gasteiger partial charge >= 0.3 is 0 Å². The number of carbonyl (C=O) groups excluding carboxylic acids is 1. The molecule has 0 aliphatic heterocycles. The normalized spacial score (nSPS) is 18.1. The molecule has 1 aliphatic rings. The Kier molecular flexibility index (Phi) is 2.50. The molecule has 0 amide bonds. The molecule has 0 aromatic carbocycles. The van der Waals surface area contributed by atoms with Gasteiger partial charge in [-0.2, -0.15) is 0 Å². The van der Waals surface area contributed by atoms with Crippen molar-refractivity contribution in [3.63, 3.8) is 0 Å². The van der Waals surface area contributed by atoms with Crippen LogP contribution >= 0.6 is 0 Å². The summed E-state index contributed by atoms with van der Waals surface area (Å²) in [6, 6.07) is 0. The first-order chi connectivity index (χ1) is 4.84. The molecular formula is C9H12O. The van der Waals surface area contributed by atoms with E-state index in [1.807, 2.05) is 0 Å². The molecule has 0 radical (unpaired) electrons. The molecule has 54 valence electrons. The molecule has 1 aliphatic carbocycles. The minimum Gasteiger partial charge on any atom is -0.285 e. The van der Waals surface area contributed by atoms with Gasteiger partial charge in [0.25, 0.3) is 0 Å². The van der Waals surface area contributed by atoms with Crippen molar-refractivity contribution in [1.82, 2.24) is 0 Å². The van der Waals surface area contributed by atoms with Gasteiger partial charge in [0.05, 0.1) is 0 Å². The van der Waals surface area contributed by atoms with E-state index in [1.54, 1.807) is 6.92 Å². The Labute approximate surface area is 61.8 Å². The Balaban J connectivity index is 2.45. The van der Waals surface area contributed by atoms with E-state index in [0.29, 0.717) is 0 Å². The van der Waals surface area contributed by atoms with Crippen molar-refractivity contribution in [2.75, 3.05) is 0 Å². The van der Waals surface area contributed by atoms with Gasteiger partial charge in [0.2, 0.25) is 5.78 Å². The van der Waals surface area contributed by atoms with Gasteiger partial charge < -0.3 is 0 Å². The zero-order chi connectivity index (χ0) is 7.40. The minimum atomic E-state index is 0.153. The Bertz CT molecular complexity index is 177. The summed E-state index contributed by atoms with van der Waals surface area (Å²) in [6.07, 6.45) is 4.55. The third-order valence-corrected chi connectivity index (χ3v) is 1.97. The van der Waals surface area contributed by atoms with Crippen LogP contribution in [0.3, 0.4) is 0 Å². The Morgan fingerprint density at radius 1 is 1.40 bits per heavy atom. The molecule has 1 heteroatoms. The highest BCUT2D eigenvalue weighted by Gasteiger charge is 2.20. The highest BCUT2D eigenvalue weighted by Crippen LogP contribution is 2.24. The van der Waals surface area contributed by atoms with Crippen molar-refractivity contribution in [2.45, 2.75) is 32.6 Å². The maximum atomic E-state index is 11.1. The number of ketones is 1. The topological polar surface area (TPSA) is 17.1 Å². The largest absolute Gasteiger partial charge is 0.285 e. The van der Waals surface area contributed by atoms with Crippen LogP contribution in [0.25, 0.3) is 0 Å². The fourth-order valence-electron chi connectivity index (χ4n) is 1.41. The maximum Gasteiger partial charge on any atom is 0.208 e. The lowest BCUT2D eigenvalue weighted by Gasteiger charge is -1.98. The van der Waals surface area contributed by atoms with E-state index in [2.05, 4.69) is 11.8 Å². The molecular weight excluding hydrogens is 124 g/mol. The molecule has 0 unspecified atom stereocenters. The van der Waals surface area contributed by atoms with Crippen LogP contribution in [-0.4, -0.2) is 5.78 Å². The molecule has 1 rings (SSSR count). The first kappa shape index (κ1) is 7.34. The summed E-state index contributed by atoms with van der Waals surface area (Å²) in [5.74, 6) is 5.67. The van der Waals surface area contributed by atoms with Crippen LogP contribution in [0.2, 0.25) is 0 Å². The van der Waals surface area contributed by atoms with E-state index in [4.69, 9.17) is 0 Å². The van der Waals surface area contributed by atoms with Crippen LogP contribution in [0, 0.1) is 17.8 Å². The summed E-state index contributed by atoms with van der Waals surface area (Å²) >= 11 is 0. The Morgan fingerprint density at radius 2 is 2.00 bits per heavy atom. The Hall–Kier alpha value is -0.770. The maximum absolute atomic E-state index is 11.1. The van der Waals surface area contributed by atoms with Crippen LogP contribution in [0.15, 0.2) is 0 Å². The summed E-state index contributed by atoms with van der Waals surface area (Å²) in [6.45, 7) is 1.72. The number of hydrogen-bond acceptors (Lipinski definition) is 1. The number of Topliss-reactive ketones (excluding diaryl/α,β-unsaturated/α-hetero) is 1. The number of rotatable bonds is 1. The second kappa shape index (κ2) is 3.41. The lowest BCUT2D eigenvalue weighted by Crippen LogP contribution is -2.06. The van der Waals surface area contributed by atoms with Crippen molar-refractivity contribution in [3.05, 3.63) is 0 Å². The van der Waals surface area contributed by atoms with E-state index in [-0.39, 0.29) is 11.7 Å². The quantitative estimate of drug-likeness (QED) is 0.396. The van der Waals surface area contributed by atoms with E-state index in [1.165, 1.54) is 12.8 Å². The smallest absolute Gasteiger partial charge is 0.208 e. The first-order valence-electron chi connectivity index (χ1n) is 3.81. The van der Waals surface area contributed by atoms with E-state index < -0.39 is 0 Å². The zero-order valence-electron chi connectivity index (χ0n) is 6.31. The number of carbonyl (C=O) groups is 1. The third-order valence-electron chi connectivity index (χ3n) is 1.97. The minimum absolute atomic E-state index is 0.153. The molecule has 1 nitrogen and oxygen atoms in total.